The molecule has 0 spiro atoms. The number of rotatable bonds is 5. The first-order chi connectivity index (χ1) is 13.3. The summed E-state index contributed by atoms with van der Waals surface area (Å²) in [4.78, 5) is 2.44. The molecule has 144 valence electrons. The van der Waals surface area contributed by atoms with E-state index >= 15 is 0 Å². The average Bonchev–Trinajstić information content (AvgIpc) is 3.24. The van der Waals surface area contributed by atoms with Crippen molar-refractivity contribution in [2.75, 3.05) is 11.4 Å². The number of nitrogens with zero attached hydrogens (tertiary/aromatic N) is 2. The van der Waals surface area contributed by atoms with Gasteiger partial charge < -0.3 is 24.0 Å². The van der Waals surface area contributed by atoms with Crippen LogP contribution in [0.3, 0.4) is 0 Å². The zero-order chi connectivity index (χ0) is 18.6. The van der Waals surface area contributed by atoms with E-state index in [1.54, 1.807) is 0 Å². The number of benzene rings is 2. The quantitative estimate of drug-likeness (QED) is 0.176. The van der Waals surface area contributed by atoms with Crippen LogP contribution in [0.1, 0.15) is 18.4 Å². The van der Waals surface area contributed by atoms with E-state index in [1.807, 2.05) is 0 Å². The van der Waals surface area contributed by atoms with Crippen molar-refractivity contribution in [1.82, 2.24) is 0 Å². The number of anilines is 1. The van der Waals surface area contributed by atoms with Crippen molar-refractivity contribution in [3.05, 3.63) is 82.0 Å². The minimum atomic E-state index is 0. The van der Waals surface area contributed by atoms with Gasteiger partial charge in [0.05, 0.1) is 0 Å². The number of halogens is 1. The van der Waals surface area contributed by atoms with Crippen LogP contribution in [0, 0.1) is 0 Å². The van der Waals surface area contributed by atoms with Crippen LogP contribution in [0.4, 0.5) is 5.69 Å². The second-order valence-electron chi connectivity index (χ2n) is 6.22. The van der Waals surface area contributed by atoms with Gasteiger partial charge in [-0.3, -0.25) is 0 Å². The third-order valence-electron chi connectivity index (χ3n) is 4.61. The summed E-state index contributed by atoms with van der Waals surface area (Å²) in [5.74, 6) is 0. The van der Waals surface area contributed by atoms with Crippen molar-refractivity contribution < 1.29 is 28.5 Å². The molecule has 1 aromatic heterocycles. The van der Waals surface area contributed by atoms with Gasteiger partial charge in [0.1, 0.15) is 0 Å². The van der Waals surface area contributed by atoms with E-state index in [0.29, 0.717) is 29.5 Å². The zero-order valence-corrected chi connectivity index (χ0v) is 21.6. The molecule has 1 aliphatic heterocycles. The van der Waals surface area contributed by atoms with Gasteiger partial charge in [-0.15, -0.1) is 0 Å². The Kier molecular flexibility index (Phi) is 7.78. The number of hydrogen-bond acceptors (Lipinski definition) is 1. The maximum absolute atomic E-state index is 2.44. The van der Waals surface area contributed by atoms with Gasteiger partial charge in [0.2, 0.25) is 0 Å². The van der Waals surface area contributed by atoms with Gasteiger partial charge in [-0.05, 0) is 0 Å². The third-order valence-corrected chi connectivity index (χ3v) is 9.35. The summed E-state index contributed by atoms with van der Waals surface area (Å²) in [7, 11) is 0. The minimum absolute atomic E-state index is 0. The van der Waals surface area contributed by atoms with Crippen LogP contribution < -0.4 is 37.9 Å². The van der Waals surface area contributed by atoms with E-state index in [1.165, 1.54) is 29.1 Å². The summed E-state index contributed by atoms with van der Waals surface area (Å²) < 4.78 is 8.30. The summed E-state index contributed by atoms with van der Waals surface area (Å²) in [6.07, 6.45) is 11.1. The minimum Gasteiger partial charge on any atom is -1.00 e. The largest absolute Gasteiger partial charge is 1.00 e. The summed E-state index contributed by atoms with van der Waals surface area (Å²) in [6.45, 7) is 6.51. The van der Waals surface area contributed by atoms with Gasteiger partial charge in [0.15, 0.2) is 0 Å². The zero-order valence-electron chi connectivity index (χ0n) is 16.0. The van der Waals surface area contributed by atoms with E-state index < -0.39 is 0 Å². The Labute approximate surface area is 196 Å². The molecule has 0 N–H and O–H groups in total. The van der Waals surface area contributed by atoms with Gasteiger partial charge in [0, 0.05) is 0 Å². The van der Waals surface area contributed by atoms with Crippen molar-refractivity contribution >= 4 is 55.5 Å². The Hall–Kier alpha value is -1.10. The van der Waals surface area contributed by atoms with Crippen molar-refractivity contribution in [3.8, 4) is 0 Å². The molecular weight excluding hydrogens is 589 g/mol. The Morgan fingerprint density at radius 3 is 2.57 bits per heavy atom. The molecule has 2 heterocycles. The number of aromatic nitrogens is 1. The van der Waals surface area contributed by atoms with Gasteiger partial charge >= 0.3 is 174 Å². The molecule has 2 aromatic carbocycles. The molecule has 0 amide bonds. The van der Waals surface area contributed by atoms with Crippen LogP contribution >= 0.6 is 0 Å². The van der Waals surface area contributed by atoms with Crippen molar-refractivity contribution in [2.24, 2.45) is 0 Å². The van der Waals surface area contributed by atoms with Crippen molar-refractivity contribution in [2.45, 2.75) is 20.4 Å². The fraction of sp³-hybridized carbons (Fsp3) is 0.174. The number of para-hydroxylation sites is 2. The average molecular weight is 612 g/mol. The van der Waals surface area contributed by atoms with Crippen LogP contribution in [-0.2, 0) is 6.54 Å². The van der Waals surface area contributed by atoms with Crippen molar-refractivity contribution in [1.29, 1.82) is 0 Å². The van der Waals surface area contributed by atoms with Gasteiger partial charge in [-0.2, -0.15) is 0 Å². The molecule has 0 aliphatic carbocycles. The second kappa shape index (κ2) is 10.1. The maximum atomic E-state index is 2.44. The molecular formula is C23H23IN2Se2. The molecule has 0 radical (unpaired) electrons. The molecule has 4 rings (SSSR count). The molecule has 3 aromatic rings. The fourth-order valence-corrected chi connectivity index (χ4v) is 8.13. The normalized spacial score (nSPS) is 15.1. The van der Waals surface area contributed by atoms with E-state index in [9.17, 15) is 0 Å². The first-order valence-electron chi connectivity index (χ1n) is 9.32. The summed E-state index contributed by atoms with van der Waals surface area (Å²) in [6, 6.07) is 17.6. The maximum Gasteiger partial charge on any atom is -1.00 e. The number of fused-ring (bicyclic) bond motifs is 2. The molecule has 1 aliphatic rings. The molecule has 5 heteroatoms. The molecule has 28 heavy (non-hydrogen) atoms. The van der Waals surface area contributed by atoms with Gasteiger partial charge in [-0.1, -0.05) is 0 Å². The van der Waals surface area contributed by atoms with Crippen LogP contribution in [0.5, 0.6) is 0 Å². The number of aryl methyl sites for hydroxylation is 1. The van der Waals surface area contributed by atoms with E-state index in [4.69, 9.17) is 0 Å². The predicted molar refractivity (Wildman–Crippen MR) is 118 cm³/mol. The van der Waals surface area contributed by atoms with Gasteiger partial charge in [0.25, 0.3) is 0 Å². The predicted octanol–water partition coefficient (Wildman–Crippen LogP) is 0.489. The summed E-state index contributed by atoms with van der Waals surface area (Å²) >= 11 is 0.815. The summed E-state index contributed by atoms with van der Waals surface area (Å²) in [5, 5.41) is 0. The Bertz CT molecular complexity index is 1050. The first-order valence-corrected chi connectivity index (χ1v) is 12.7. The molecule has 0 unspecified atom stereocenters. The second-order valence-corrected chi connectivity index (χ2v) is 10.7. The van der Waals surface area contributed by atoms with Crippen LogP contribution in [0.25, 0.3) is 15.9 Å². The van der Waals surface area contributed by atoms with E-state index in [-0.39, 0.29) is 24.0 Å². The first kappa shape index (κ1) is 21.6. The molecule has 0 bridgehead atoms. The standard InChI is InChI=1S/C23H23N2Se2.HI/c1-3-24-18-12-8-10-14-20(18)26-22(24)16-6-5-7-17-23-25(4-2)19-13-9-11-15-21(19)27-23;/h5-17H,3-4H2,1-2H3;1H/q+1;/p-1. The Morgan fingerprint density at radius 1 is 0.964 bits per heavy atom. The SMILES string of the molecule is CCN1\C(=C/C=C/C=C/c2[se]c3ccccc3[n+]2CC)[Se]c2ccccc21.[I-]. The van der Waals surface area contributed by atoms with Crippen LogP contribution in [-0.4, -0.2) is 36.0 Å². The smallest absolute Gasteiger partial charge is 1.00 e. The van der Waals surface area contributed by atoms with Crippen LogP contribution in [0.15, 0.2) is 77.4 Å². The monoisotopic (exact) mass is 614 g/mol. The van der Waals surface area contributed by atoms with E-state index in [0.717, 1.165) is 13.1 Å². The molecule has 2 nitrogen and oxygen atoms in total. The fourth-order valence-electron chi connectivity index (χ4n) is 3.35. The van der Waals surface area contributed by atoms with Gasteiger partial charge in [-0.25, -0.2) is 0 Å². The molecule has 0 fully saturated rings. The Balaban J connectivity index is 0.00000225. The Morgan fingerprint density at radius 2 is 1.75 bits per heavy atom. The molecule has 0 saturated heterocycles. The molecule has 0 atom stereocenters. The number of hydrogen-bond donors (Lipinski definition) is 0. The van der Waals surface area contributed by atoms with Crippen LogP contribution in [0.2, 0.25) is 0 Å². The van der Waals surface area contributed by atoms with Crippen molar-refractivity contribution in [3.63, 3.8) is 0 Å². The van der Waals surface area contributed by atoms with E-state index in [2.05, 4.69) is 102 Å². The molecule has 0 saturated carbocycles. The topological polar surface area (TPSA) is 7.12 Å². The summed E-state index contributed by atoms with van der Waals surface area (Å²) in [5.41, 5.74) is 2.77. The number of allylic oxidation sites excluding steroid dienone is 4. The third kappa shape index (κ3) is 4.39.